The fraction of sp³-hybridized carbons (Fsp3) is 0.417. The highest BCUT2D eigenvalue weighted by molar-refractivity contribution is 7.89. The summed E-state index contributed by atoms with van der Waals surface area (Å²) < 4.78 is 28.1. The van der Waals surface area contributed by atoms with Crippen LogP contribution in [0.3, 0.4) is 0 Å². The van der Waals surface area contributed by atoms with Crippen LogP contribution in [0, 0.1) is 0 Å². The van der Waals surface area contributed by atoms with Gasteiger partial charge in [0.1, 0.15) is 5.75 Å². The summed E-state index contributed by atoms with van der Waals surface area (Å²) >= 11 is 0. The second-order valence-electron chi connectivity index (χ2n) is 4.56. The fourth-order valence-electron chi connectivity index (χ4n) is 1.51. The SMILES string of the molecule is CC(Oc1ccc(S(N)(=O)=O)cc1C(C)C)C(N)=O. The number of amides is 1. The number of nitrogens with two attached hydrogens (primary N) is 2. The van der Waals surface area contributed by atoms with E-state index in [-0.39, 0.29) is 10.8 Å². The van der Waals surface area contributed by atoms with Crippen LogP contribution >= 0.6 is 0 Å². The van der Waals surface area contributed by atoms with Gasteiger partial charge < -0.3 is 10.5 Å². The Balaban J connectivity index is 3.23. The maximum Gasteiger partial charge on any atom is 0.258 e. The Hall–Kier alpha value is -1.60. The van der Waals surface area contributed by atoms with Crippen LogP contribution < -0.4 is 15.6 Å². The average molecular weight is 286 g/mol. The molecule has 106 valence electrons. The van der Waals surface area contributed by atoms with Crippen LogP contribution in [-0.2, 0) is 14.8 Å². The van der Waals surface area contributed by atoms with Gasteiger partial charge in [0.25, 0.3) is 5.91 Å². The van der Waals surface area contributed by atoms with Crippen molar-refractivity contribution in [2.45, 2.75) is 37.7 Å². The van der Waals surface area contributed by atoms with E-state index >= 15 is 0 Å². The van der Waals surface area contributed by atoms with Crippen molar-refractivity contribution in [1.29, 1.82) is 0 Å². The second kappa shape index (κ2) is 5.58. The number of ether oxygens (including phenoxy) is 1. The summed E-state index contributed by atoms with van der Waals surface area (Å²) in [4.78, 5) is 11.0. The average Bonchev–Trinajstić information content (AvgIpc) is 2.27. The Labute approximate surface area is 112 Å². The van der Waals surface area contributed by atoms with Crippen molar-refractivity contribution >= 4 is 15.9 Å². The minimum absolute atomic E-state index is 0.00952. The van der Waals surface area contributed by atoms with Gasteiger partial charge in [0, 0.05) is 0 Å². The van der Waals surface area contributed by atoms with Crippen molar-refractivity contribution in [3.8, 4) is 5.75 Å². The molecule has 0 heterocycles. The zero-order chi connectivity index (χ0) is 14.8. The van der Waals surface area contributed by atoms with Crippen LogP contribution in [0.5, 0.6) is 5.75 Å². The molecule has 0 bridgehead atoms. The summed E-state index contributed by atoms with van der Waals surface area (Å²) in [5.41, 5.74) is 5.78. The molecular formula is C12H18N2O4S. The van der Waals surface area contributed by atoms with Crippen molar-refractivity contribution in [2.24, 2.45) is 10.9 Å². The molecule has 1 aromatic carbocycles. The van der Waals surface area contributed by atoms with Gasteiger partial charge in [0.15, 0.2) is 6.10 Å². The number of sulfonamides is 1. The minimum Gasteiger partial charge on any atom is -0.481 e. The molecule has 1 rings (SSSR count). The largest absolute Gasteiger partial charge is 0.481 e. The maximum absolute atomic E-state index is 11.3. The van der Waals surface area contributed by atoms with Gasteiger partial charge in [-0.2, -0.15) is 0 Å². The summed E-state index contributed by atoms with van der Waals surface area (Å²) in [6.07, 6.45) is -0.794. The van der Waals surface area contributed by atoms with Crippen LogP contribution in [0.15, 0.2) is 23.1 Å². The Morgan fingerprint density at radius 2 is 1.84 bits per heavy atom. The zero-order valence-electron chi connectivity index (χ0n) is 11.1. The third kappa shape index (κ3) is 3.93. The normalized spacial score (nSPS) is 13.3. The van der Waals surface area contributed by atoms with Gasteiger partial charge in [-0.3, -0.25) is 4.79 Å². The number of carbonyl (C=O) groups excluding carboxylic acids is 1. The number of rotatable bonds is 5. The first-order valence-corrected chi connectivity index (χ1v) is 7.30. The molecule has 1 aromatic rings. The first-order valence-electron chi connectivity index (χ1n) is 5.75. The first-order chi connectivity index (χ1) is 8.62. The Bertz CT molecular complexity index is 581. The fourth-order valence-corrected chi connectivity index (χ4v) is 2.06. The molecule has 1 unspecified atom stereocenters. The van der Waals surface area contributed by atoms with E-state index in [9.17, 15) is 13.2 Å². The summed E-state index contributed by atoms with van der Waals surface area (Å²) in [6.45, 7) is 5.29. The molecule has 0 aliphatic rings. The molecule has 7 heteroatoms. The second-order valence-corrected chi connectivity index (χ2v) is 6.12. The lowest BCUT2D eigenvalue weighted by Gasteiger charge is -2.17. The predicted molar refractivity (Wildman–Crippen MR) is 71.2 cm³/mol. The van der Waals surface area contributed by atoms with E-state index in [1.54, 1.807) is 0 Å². The van der Waals surface area contributed by atoms with Gasteiger partial charge in [0.05, 0.1) is 4.90 Å². The molecule has 0 saturated heterocycles. The van der Waals surface area contributed by atoms with E-state index in [0.717, 1.165) is 0 Å². The number of primary amides is 1. The van der Waals surface area contributed by atoms with Crippen LogP contribution in [0.2, 0.25) is 0 Å². The van der Waals surface area contributed by atoms with Crippen LogP contribution in [0.1, 0.15) is 32.3 Å². The Morgan fingerprint density at radius 1 is 1.26 bits per heavy atom. The topological polar surface area (TPSA) is 112 Å². The van der Waals surface area contributed by atoms with Gasteiger partial charge in [-0.05, 0) is 36.6 Å². The first kappa shape index (κ1) is 15.5. The third-order valence-electron chi connectivity index (χ3n) is 2.64. The zero-order valence-corrected chi connectivity index (χ0v) is 11.9. The van der Waals surface area contributed by atoms with Crippen LogP contribution in [0.25, 0.3) is 0 Å². The van der Waals surface area contributed by atoms with Crippen molar-refractivity contribution in [1.82, 2.24) is 0 Å². The lowest BCUT2D eigenvalue weighted by atomic mass is 10.0. The third-order valence-corrected chi connectivity index (χ3v) is 3.55. The van der Waals surface area contributed by atoms with E-state index < -0.39 is 22.0 Å². The van der Waals surface area contributed by atoms with Crippen LogP contribution in [0.4, 0.5) is 0 Å². The molecule has 0 spiro atoms. The van der Waals surface area contributed by atoms with Gasteiger partial charge in [-0.1, -0.05) is 13.8 Å². The highest BCUT2D eigenvalue weighted by Crippen LogP contribution is 2.29. The molecule has 0 radical (unpaired) electrons. The van der Waals surface area contributed by atoms with E-state index in [1.807, 2.05) is 13.8 Å². The Kier molecular flexibility index (Phi) is 4.54. The quantitative estimate of drug-likeness (QED) is 0.829. The van der Waals surface area contributed by atoms with E-state index in [0.29, 0.717) is 11.3 Å². The molecule has 0 aromatic heterocycles. The van der Waals surface area contributed by atoms with Crippen molar-refractivity contribution in [3.63, 3.8) is 0 Å². The lowest BCUT2D eigenvalue weighted by molar-refractivity contribution is -0.124. The number of hydrogen-bond acceptors (Lipinski definition) is 4. The highest BCUT2D eigenvalue weighted by Gasteiger charge is 2.17. The van der Waals surface area contributed by atoms with Gasteiger partial charge in [0.2, 0.25) is 10.0 Å². The molecule has 19 heavy (non-hydrogen) atoms. The summed E-state index contributed by atoms with van der Waals surface area (Å²) in [5, 5.41) is 5.08. The monoisotopic (exact) mass is 286 g/mol. The highest BCUT2D eigenvalue weighted by atomic mass is 32.2. The number of carbonyl (C=O) groups is 1. The van der Waals surface area contributed by atoms with Crippen molar-refractivity contribution in [3.05, 3.63) is 23.8 Å². The maximum atomic E-state index is 11.3. The summed E-state index contributed by atoms with van der Waals surface area (Å²) in [7, 11) is -3.77. The van der Waals surface area contributed by atoms with E-state index in [1.165, 1.54) is 25.1 Å². The number of primary sulfonamides is 1. The summed E-state index contributed by atoms with van der Waals surface area (Å²) in [5.74, 6) is -0.157. The Morgan fingerprint density at radius 3 is 2.26 bits per heavy atom. The molecule has 0 aliphatic heterocycles. The van der Waals surface area contributed by atoms with Gasteiger partial charge >= 0.3 is 0 Å². The van der Waals surface area contributed by atoms with Gasteiger partial charge in [-0.15, -0.1) is 0 Å². The van der Waals surface area contributed by atoms with Crippen molar-refractivity contribution < 1.29 is 17.9 Å². The predicted octanol–water partition coefficient (Wildman–Crippen LogP) is 0.710. The molecule has 0 fully saturated rings. The standard InChI is InChI=1S/C12H18N2O4S/c1-7(2)10-6-9(19(14,16)17)4-5-11(10)18-8(3)12(13)15/h4-8H,1-3H3,(H2,13,15)(H2,14,16,17). The van der Waals surface area contributed by atoms with Crippen molar-refractivity contribution in [2.75, 3.05) is 0 Å². The molecule has 0 aliphatic carbocycles. The van der Waals surface area contributed by atoms with E-state index in [4.69, 9.17) is 15.6 Å². The number of benzene rings is 1. The lowest BCUT2D eigenvalue weighted by Crippen LogP contribution is -2.31. The molecule has 4 N–H and O–H groups in total. The van der Waals surface area contributed by atoms with Gasteiger partial charge in [-0.25, -0.2) is 13.6 Å². The summed E-state index contributed by atoms with van der Waals surface area (Å²) in [6, 6.07) is 4.27. The van der Waals surface area contributed by atoms with Crippen LogP contribution in [-0.4, -0.2) is 20.4 Å². The minimum atomic E-state index is -3.77. The molecular weight excluding hydrogens is 268 g/mol. The van der Waals surface area contributed by atoms with E-state index in [2.05, 4.69) is 0 Å². The smallest absolute Gasteiger partial charge is 0.258 e. The molecule has 6 nitrogen and oxygen atoms in total. The molecule has 1 atom stereocenters. The molecule has 0 saturated carbocycles. The number of hydrogen-bond donors (Lipinski definition) is 2. The molecule has 1 amide bonds.